The molecular formula is C28H29N5O3. The number of hydrogen-bond acceptors (Lipinski definition) is 7. The van der Waals surface area contributed by atoms with Crippen LogP contribution in [0.5, 0.6) is 5.75 Å². The number of anilines is 2. The molecule has 2 saturated heterocycles. The molecule has 8 heteroatoms. The Morgan fingerprint density at radius 3 is 2.67 bits per heavy atom. The number of rotatable bonds is 5. The lowest BCUT2D eigenvalue weighted by atomic mass is 10.0. The number of hydrogen-bond donors (Lipinski definition) is 1. The topological polar surface area (TPSA) is 83.7 Å². The largest absolute Gasteiger partial charge is 0.497 e. The van der Waals surface area contributed by atoms with E-state index in [0.717, 1.165) is 36.6 Å². The molecule has 6 rings (SSSR count). The number of piperazine rings is 1. The van der Waals surface area contributed by atoms with Gasteiger partial charge in [0.15, 0.2) is 0 Å². The molecule has 36 heavy (non-hydrogen) atoms. The molecule has 0 radical (unpaired) electrons. The van der Waals surface area contributed by atoms with Crippen molar-refractivity contribution >= 4 is 28.4 Å². The second kappa shape index (κ2) is 9.28. The first-order valence-electron chi connectivity index (χ1n) is 12.4. The van der Waals surface area contributed by atoms with Crippen molar-refractivity contribution in [3.8, 4) is 17.0 Å². The van der Waals surface area contributed by atoms with Crippen LogP contribution in [0.1, 0.15) is 28.9 Å². The first-order chi connectivity index (χ1) is 17.6. The Balaban J connectivity index is 1.24. The number of aromatic nitrogens is 2. The van der Waals surface area contributed by atoms with Gasteiger partial charge in [-0.1, -0.05) is 5.16 Å². The van der Waals surface area contributed by atoms with E-state index in [1.54, 1.807) is 13.2 Å². The highest BCUT2D eigenvalue weighted by molar-refractivity contribution is 6.13. The molecule has 2 fully saturated rings. The predicted octanol–water partition coefficient (Wildman–Crippen LogP) is 4.74. The van der Waals surface area contributed by atoms with E-state index in [1.165, 1.54) is 25.1 Å². The fourth-order valence-electron chi connectivity index (χ4n) is 5.36. The molecule has 0 spiro atoms. The number of nitrogens with zero attached hydrogens (tertiary/aromatic N) is 4. The minimum atomic E-state index is -0.226. The lowest BCUT2D eigenvalue weighted by molar-refractivity contribution is 0.102. The maximum Gasteiger partial charge on any atom is 0.259 e. The SMILES string of the molecule is COc1ccc(-c2cc(C(=O)Nc3ccc(N4CCN5CCC[C@H]5C4)cc3)c3c(C)noc3n2)cc1. The van der Waals surface area contributed by atoms with Crippen molar-refractivity contribution in [2.45, 2.75) is 25.8 Å². The van der Waals surface area contributed by atoms with Gasteiger partial charge in [-0.2, -0.15) is 0 Å². The molecule has 2 aliphatic rings. The summed E-state index contributed by atoms with van der Waals surface area (Å²) in [5.41, 5.74) is 4.87. The third-order valence-electron chi connectivity index (χ3n) is 7.33. The Kier molecular flexibility index (Phi) is 5.81. The Labute approximate surface area is 209 Å². The lowest BCUT2D eigenvalue weighted by Gasteiger charge is -2.38. The molecule has 184 valence electrons. The van der Waals surface area contributed by atoms with Crippen molar-refractivity contribution < 1.29 is 14.1 Å². The number of aryl methyl sites for hydroxylation is 1. The van der Waals surface area contributed by atoms with Gasteiger partial charge in [-0.25, -0.2) is 4.98 Å². The maximum atomic E-state index is 13.4. The minimum absolute atomic E-state index is 0.226. The number of pyridine rings is 1. The summed E-state index contributed by atoms with van der Waals surface area (Å²) >= 11 is 0. The second-order valence-electron chi connectivity index (χ2n) is 9.51. The standard InChI is InChI=1S/C28H29N5O3/c1-18-26-24(16-25(30-28(26)36-31-18)19-5-11-23(35-2)12-6-19)27(34)29-20-7-9-21(10-8-20)33-15-14-32-13-3-4-22(32)17-33/h5-12,16,22H,3-4,13-15,17H2,1-2H3,(H,29,34)/t22-/m0/s1. The van der Waals surface area contributed by atoms with E-state index in [-0.39, 0.29) is 5.91 Å². The molecule has 4 aromatic rings. The Hall–Kier alpha value is -3.91. The van der Waals surface area contributed by atoms with Crippen LogP contribution in [0.3, 0.4) is 0 Å². The van der Waals surface area contributed by atoms with Crippen molar-refractivity contribution in [1.29, 1.82) is 0 Å². The van der Waals surface area contributed by atoms with Gasteiger partial charge < -0.3 is 19.5 Å². The van der Waals surface area contributed by atoms with Crippen molar-refractivity contribution in [2.75, 3.05) is 43.5 Å². The van der Waals surface area contributed by atoms with Crippen LogP contribution in [-0.2, 0) is 0 Å². The predicted molar refractivity (Wildman–Crippen MR) is 140 cm³/mol. The van der Waals surface area contributed by atoms with Crippen LogP contribution in [0.25, 0.3) is 22.4 Å². The summed E-state index contributed by atoms with van der Waals surface area (Å²) in [6, 6.07) is 18.1. The van der Waals surface area contributed by atoms with Crippen LogP contribution in [0.4, 0.5) is 11.4 Å². The zero-order valence-corrected chi connectivity index (χ0v) is 20.5. The molecule has 0 unspecified atom stereocenters. The zero-order valence-electron chi connectivity index (χ0n) is 20.5. The van der Waals surface area contributed by atoms with Gasteiger partial charge >= 0.3 is 0 Å². The van der Waals surface area contributed by atoms with Crippen molar-refractivity contribution in [3.63, 3.8) is 0 Å². The van der Waals surface area contributed by atoms with Crippen molar-refractivity contribution in [1.82, 2.24) is 15.0 Å². The van der Waals surface area contributed by atoms with Gasteiger partial charge in [-0.3, -0.25) is 9.69 Å². The van der Waals surface area contributed by atoms with E-state index in [2.05, 4.69) is 37.4 Å². The number of ether oxygens (including phenoxy) is 1. The Morgan fingerprint density at radius 1 is 1.08 bits per heavy atom. The van der Waals surface area contributed by atoms with Crippen molar-refractivity contribution in [2.24, 2.45) is 0 Å². The van der Waals surface area contributed by atoms with Crippen LogP contribution in [-0.4, -0.2) is 60.3 Å². The van der Waals surface area contributed by atoms with E-state index in [9.17, 15) is 4.79 Å². The van der Waals surface area contributed by atoms with E-state index >= 15 is 0 Å². The number of carbonyl (C=O) groups is 1. The molecular weight excluding hydrogens is 454 g/mol. The quantitative estimate of drug-likeness (QED) is 0.439. The summed E-state index contributed by atoms with van der Waals surface area (Å²) in [7, 11) is 1.63. The number of amides is 1. The summed E-state index contributed by atoms with van der Waals surface area (Å²) in [6.07, 6.45) is 2.59. The highest BCUT2D eigenvalue weighted by atomic mass is 16.5. The van der Waals surface area contributed by atoms with Crippen LogP contribution in [0.15, 0.2) is 59.1 Å². The molecule has 8 nitrogen and oxygen atoms in total. The minimum Gasteiger partial charge on any atom is -0.497 e. The number of benzene rings is 2. The lowest BCUT2D eigenvalue weighted by Crippen LogP contribution is -2.50. The highest BCUT2D eigenvalue weighted by Gasteiger charge is 2.30. The molecule has 2 aromatic heterocycles. The zero-order chi connectivity index (χ0) is 24.6. The third-order valence-corrected chi connectivity index (χ3v) is 7.33. The fourth-order valence-corrected chi connectivity index (χ4v) is 5.36. The molecule has 2 aliphatic heterocycles. The van der Waals surface area contributed by atoms with E-state index in [0.29, 0.717) is 34.1 Å². The first-order valence-corrected chi connectivity index (χ1v) is 12.4. The normalized spacial score (nSPS) is 17.8. The number of nitrogens with one attached hydrogen (secondary N) is 1. The van der Waals surface area contributed by atoms with Gasteiger partial charge in [-0.05, 0) is 80.9 Å². The summed E-state index contributed by atoms with van der Waals surface area (Å²) < 4.78 is 10.7. The number of fused-ring (bicyclic) bond motifs is 2. The third kappa shape index (κ3) is 4.18. The van der Waals surface area contributed by atoms with Gasteiger partial charge in [0.25, 0.3) is 11.6 Å². The number of methoxy groups -OCH3 is 1. The molecule has 4 heterocycles. The van der Waals surface area contributed by atoms with Gasteiger partial charge in [0.1, 0.15) is 5.75 Å². The van der Waals surface area contributed by atoms with Gasteiger partial charge in [-0.15, -0.1) is 0 Å². The average molecular weight is 484 g/mol. The van der Waals surface area contributed by atoms with Gasteiger partial charge in [0.05, 0.1) is 29.4 Å². The molecule has 0 bridgehead atoms. The molecule has 1 atom stereocenters. The highest BCUT2D eigenvalue weighted by Crippen LogP contribution is 2.30. The summed E-state index contributed by atoms with van der Waals surface area (Å²) in [6.45, 7) is 6.28. The van der Waals surface area contributed by atoms with Gasteiger partial charge in [0.2, 0.25) is 0 Å². The van der Waals surface area contributed by atoms with Crippen LogP contribution >= 0.6 is 0 Å². The van der Waals surface area contributed by atoms with Crippen molar-refractivity contribution in [3.05, 3.63) is 65.9 Å². The Morgan fingerprint density at radius 2 is 1.89 bits per heavy atom. The van der Waals surface area contributed by atoms with Crippen LogP contribution < -0.4 is 15.0 Å². The second-order valence-corrected chi connectivity index (χ2v) is 9.51. The monoisotopic (exact) mass is 483 g/mol. The summed E-state index contributed by atoms with van der Waals surface area (Å²) in [5.74, 6) is 0.526. The molecule has 0 saturated carbocycles. The first kappa shape index (κ1) is 22.5. The van der Waals surface area contributed by atoms with Crippen LogP contribution in [0, 0.1) is 6.92 Å². The molecule has 0 aliphatic carbocycles. The van der Waals surface area contributed by atoms with E-state index in [4.69, 9.17) is 9.26 Å². The summed E-state index contributed by atoms with van der Waals surface area (Å²) in [4.78, 5) is 23.1. The molecule has 1 amide bonds. The van der Waals surface area contributed by atoms with E-state index < -0.39 is 0 Å². The van der Waals surface area contributed by atoms with Gasteiger partial charge in [0, 0.05) is 42.6 Å². The Bertz CT molecular complexity index is 1400. The smallest absolute Gasteiger partial charge is 0.259 e. The average Bonchev–Trinajstić information content (AvgIpc) is 3.54. The fraction of sp³-hybridized carbons (Fsp3) is 0.321. The maximum absolute atomic E-state index is 13.4. The van der Waals surface area contributed by atoms with Crippen LogP contribution in [0.2, 0.25) is 0 Å². The summed E-state index contributed by atoms with van der Waals surface area (Å²) in [5, 5.41) is 7.72. The molecule has 2 aromatic carbocycles. The molecule has 1 N–H and O–H groups in total. The number of carbonyl (C=O) groups excluding carboxylic acids is 1. The van der Waals surface area contributed by atoms with E-state index in [1.807, 2.05) is 43.3 Å².